The molecule has 0 spiro atoms. The van der Waals surface area contributed by atoms with E-state index in [9.17, 15) is 9.59 Å². The predicted molar refractivity (Wildman–Crippen MR) is 138 cm³/mol. The van der Waals surface area contributed by atoms with E-state index in [1.165, 1.54) is 5.57 Å². The van der Waals surface area contributed by atoms with Crippen LogP contribution in [0.3, 0.4) is 0 Å². The van der Waals surface area contributed by atoms with Crippen molar-refractivity contribution in [3.05, 3.63) is 94.7 Å². The first kappa shape index (κ1) is 25.8. The Balaban J connectivity index is 1.61. The second kappa shape index (κ2) is 12.6. The summed E-state index contributed by atoms with van der Waals surface area (Å²) in [7, 11) is 0. The molecular formula is C29H34N2O4. The maximum atomic E-state index is 12.8. The molecule has 1 atom stereocenters. The third-order valence-corrected chi connectivity index (χ3v) is 5.85. The molecule has 184 valence electrons. The fourth-order valence-electron chi connectivity index (χ4n) is 3.82. The average Bonchev–Trinajstić information content (AvgIpc) is 2.92. The van der Waals surface area contributed by atoms with Crippen LogP contribution >= 0.6 is 0 Å². The molecule has 0 radical (unpaired) electrons. The Hall–Kier alpha value is -3.80. The number of carboxylic acids is 1. The molecule has 1 heterocycles. The maximum Gasteiger partial charge on any atom is 0.303 e. The van der Waals surface area contributed by atoms with Gasteiger partial charge in [0.2, 0.25) is 0 Å². The number of aliphatic carboxylic acids is 1. The summed E-state index contributed by atoms with van der Waals surface area (Å²) in [4.78, 5) is 23.7. The van der Waals surface area contributed by atoms with E-state index in [1.54, 1.807) is 0 Å². The second-order valence-corrected chi connectivity index (χ2v) is 8.69. The van der Waals surface area contributed by atoms with E-state index < -0.39 is 5.97 Å². The van der Waals surface area contributed by atoms with Crippen LogP contribution in [-0.2, 0) is 22.6 Å². The molecule has 0 fully saturated rings. The number of nitrogens with one attached hydrogen (secondary N) is 2. The van der Waals surface area contributed by atoms with E-state index in [-0.39, 0.29) is 18.4 Å². The monoisotopic (exact) mass is 474 g/mol. The predicted octanol–water partition coefficient (Wildman–Crippen LogP) is 5.58. The number of hydrogen-bond donors (Lipinski definition) is 3. The topological polar surface area (TPSA) is 87.7 Å². The lowest BCUT2D eigenvalue weighted by Crippen LogP contribution is -2.35. The van der Waals surface area contributed by atoms with Crippen molar-refractivity contribution < 1.29 is 19.4 Å². The van der Waals surface area contributed by atoms with Crippen LogP contribution in [0.15, 0.2) is 78.0 Å². The number of ether oxygens (including phenoxy) is 1. The largest absolute Gasteiger partial charge is 0.481 e. The molecule has 6 heteroatoms. The zero-order valence-electron chi connectivity index (χ0n) is 20.6. The highest BCUT2D eigenvalue weighted by Crippen LogP contribution is 2.25. The van der Waals surface area contributed by atoms with E-state index in [2.05, 4.69) is 35.8 Å². The van der Waals surface area contributed by atoms with E-state index >= 15 is 0 Å². The fourth-order valence-corrected chi connectivity index (χ4v) is 3.82. The number of carbonyl (C=O) groups excluding carboxylic acids is 1. The Morgan fingerprint density at radius 1 is 1.14 bits per heavy atom. The number of carboxylic acid groups (broad SMARTS) is 1. The zero-order chi connectivity index (χ0) is 25.2. The van der Waals surface area contributed by atoms with Gasteiger partial charge in [0.25, 0.3) is 5.91 Å². The SMILES string of the molecule is CCC1=C/C/C=C(/C(=O)NCc2cccc(Oc3ccc(CCC(=O)O)c(C)c3)c2)NC(C)/C=C\1. The average molecular weight is 475 g/mol. The van der Waals surface area contributed by atoms with Gasteiger partial charge in [-0.25, -0.2) is 0 Å². The van der Waals surface area contributed by atoms with Gasteiger partial charge >= 0.3 is 5.97 Å². The first-order valence-corrected chi connectivity index (χ1v) is 12.0. The zero-order valence-corrected chi connectivity index (χ0v) is 20.6. The van der Waals surface area contributed by atoms with E-state index in [0.717, 1.165) is 23.1 Å². The normalized spacial score (nSPS) is 19.5. The minimum Gasteiger partial charge on any atom is -0.481 e. The standard InChI is InChI=1S/C29H34N2O4/c1-4-22-7-6-10-27(31-21(3)11-12-22)29(34)30-19-23-8-5-9-25(18-23)35-26-15-13-24(20(2)17-26)14-16-28(32)33/h5,7-13,15,17-18,21,31H,4,6,14,16,19H2,1-3H3,(H,30,34)(H,32,33)/b12-11-,22-7-,27-10-. The molecule has 0 bridgehead atoms. The van der Waals surface area contributed by atoms with Gasteiger partial charge in [0, 0.05) is 19.0 Å². The maximum absolute atomic E-state index is 12.8. The highest BCUT2D eigenvalue weighted by Gasteiger charge is 2.12. The van der Waals surface area contributed by atoms with Crippen LogP contribution in [0.25, 0.3) is 0 Å². The fraction of sp³-hybridized carbons (Fsp3) is 0.310. The first-order valence-electron chi connectivity index (χ1n) is 12.0. The number of benzene rings is 2. The van der Waals surface area contributed by atoms with Crippen molar-refractivity contribution in [3.8, 4) is 11.5 Å². The molecule has 2 aromatic carbocycles. The molecule has 0 aromatic heterocycles. The summed E-state index contributed by atoms with van der Waals surface area (Å²) in [6.45, 7) is 6.48. The Bertz CT molecular complexity index is 1150. The number of hydrogen-bond acceptors (Lipinski definition) is 4. The molecule has 1 unspecified atom stereocenters. The molecule has 3 rings (SSSR count). The Kier molecular flexibility index (Phi) is 9.30. The van der Waals surface area contributed by atoms with Gasteiger partial charge in [-0.3, -0.25) is 9.59 Å². The van der Waals surface area contributed by atoms with Crippen LogP contribution in [0, 0.1) is 6.92 Å². The van der Waals surface area contributed by atoms with Gasteiger partial charge in [0.15, 0.2) is 0 Å². The number of allylic oxidation sites excluding steroid dienone is 4. The van der Waals surface area contributed by atoms with Crippen LogP contribution in [-0.4, -0.2) is 23.0 Å². The third-order valence-electron chi connectivity index (χ3n) is 5.85. The first-order chi connectivity index (χ1) is 16.8. The van der Waals surface area contributed by atoms with Crippen molar-refractivity contribution in [2.24, 2.45) is 0 Å². The van der Waals surface area contributed by atoms with Crippen LogP contribution < -0.4 is 15.4 Å². The quantitative estimate of drug-likeness (QED) is 0.442. The molecule has 1 aliphatic heterocycles. The summed E-state index contributed by atoms with van der Waals surface area (Å²) in [6.07, 6.45) is 10.5. The van der Waals surface area contributed by atoms with Crippen molar-refractivity contribution in [1.82, 2.24) is 10.6 Å². The van der Waals surface area contributed by atoms with Crippen LogP contribution in [0.2, 0.25) is 0 Å². The van der Waals surface area contributed by atoms with Crippen molar-refractivity contribution >= 4 is 11.9 Å². The lowest BCUT2D eigenvalue weighted by atomic mass is 10.0. The minimum atomic E-state index is -0.806. The van der Waals surface area contributed by atoms with Crippen molar-refractivity contribution in [2.75, 3.05) is 0 Å². The van der Waals surface area contributed by atoms with E-state index in [4.69, 9.17) is 9.84 Å². The molecule has 0 saturated carbocycles. The molecular weight excluding hydrogens is 440 g/mol. The summed E-state index contributed by atoms with van der Waals surface area (Å²) >= 11 is 0. The summed E-state index contributed by atoms with van der Waals surface area (Å²) in [5, 5.41) is 15.2. The van der Waals surface area contributed by atoms with Gasteiger partial charge in [0.1, 0.15) is 11.5 Å². The second-order valence-electron chi connectivity index (χ2n) is 8.69. The summed E-state index contributed by atoms with van der Waals surface area (Å²) in [5.41, 5.74) is 4.75. The number of amides is 1. The minimum absolute atomic E-state index is 0.0516. The molecule has 0 aliphatic carbocycles. The Morgan fingerprint density at radius 2 is 1.94 bits per heavy atom. The van der Waals surface area contributed by atoms with Gasteiger partial charge < -0.3 is 20.5 Å². The van der Waals surface area contributed by atoms with Gasteiger partial charge in [-0.2, -0.15) is 0 Å². The van der Waals surface area contributed by atoms with Gasteiger partial charge in [-0.1, -0.05) is 55.0 Å². The van der Waals surface area contributed by atoms with Gasteiger partial charge in [0.05, 0.1) is 5.70 Å². The lowest BCUT2D eigenvalue weighted by Gasteiger charge is -2.15. The third kappa shape index (κ3) is 8.18. The van der Waals surface area contributed by atoms with Crippen LogP contribution in [0.4, 0.5) is 0 Å². The summed E-state index contributed by atoms with van der Waals surface area (Å²) in [6, 6.07) is 13.3. The molecule has 1 aliphatic rings. The lowest BCUT2D eigenvalue weighted by molar-refractivity contribution is -0.137. The van der Waals surface area contributed by atoms with E-state index in [1.807, 2.05) is 62.4 Å². The number of carbonyl (C=O) groups is 2. The highest BCUT2D eigenvalue weighted by molar-refractivity contribution is 5.92. The van der Waals surface area contributed by atoms with Gasteiger partial charge in [-0.05, 0) is 74.1 Å². The number of aryl methyl sites for hydroxylation is 2. The van der Waals surface area contributed by atoms with Gasteiger partial charge in [-0.15, -0.1) is 0 Å². The van der Waals surface area contributed by atoms with Crippen LogP contribution in [0.5, 0.6) is 11.5 Å². The molecule has 1 amide bonds. The van der Waals surface area contributed by atoms with E-state index in [0.29, 0.717) is 36.6 Å². The van der Waals surface area contributed by atoms with Crippen molar-refractivity contribution in [2.45, 2.75) is 59.0 Å². The molecule has 6 nitrogen and oxygen atoms in total. The smallest absolute Gasteiger partial charge is 0.303 e. The molecule has 2 aromatic rings. The molecule has 0 saturated heterocycles. The molecule has 3 N–H and O–H groups in total. The van der Waals surface area contributed by atoms with Crippen LogP contribution in [0.1, 0.15) is 49.8 Å². The highest BCUT2D eigenvalue weighted by atomic mass is 16.5. The number of rotatable bonds is 9. The van der Waals surface area contributed by atoms with Crippen molar-refractivity contribution in [3.63, 3.8) is 0 Å². The Labute approximate surface area is 207 Å². The molecule has 35 heavy (non-hydrogen) atoms. The Morgan fingerprint density at radius 3 is 2.69 bits per heavy atom. The summed E-state index contributed by atoms with van der Waals surface area (Å²) in [5.74, 6) is 0.409. The van der Waals surface area contributed by atoms with Crippen molar-refractivity contribution in [1.29, 1.82) is 0 Å². The summed E-state index contributed by atoms with van der Waals surface area (Å²) < 4.78 is 6.02.